The molecule has 1 saturated carbocycles. The van der Waals surface area contributed by atoms with E-state index in [0.29, 0.717) is 63.3 Å². The summed E-state index contributed by atoms with van der Waals surface area (Å²) >= 11 is 18.9. The van der Waals surface area contributed by atoms with E-state index < -0.39 is 6.10 Å². The summed E-state index contributed by atoms with van der Waals surface area (Å²) in [6, 6.07) is 2.89. The molecule has 3 heterocycles. The average Bonchev–Trinajstić information content (AvgIpc) is 3.38. The predicted octanol–water partition coefficient (Wildman–Crippen LogP) is 3.92. The Labute approximate surface area is 216 Å². The number of carbonyl (C=O) groups is 1. The molecule has 5 rings (SSSR count). The maximum Gasteiger partial charge on any atom is 0.225 e. The van der Waals surface area contributed by atoms with Gasteiger partial charge in [-0.1, -0.05) is 34.8 Å². The molecule has 5 N–H and O–H groups in total. The third kappa shape index (κ3) is 4.99. The van der Waals surface area contributed by atoms with Gasteiger partial charge in [-0.3, -0.25) is 9.36 Å². The van der Waals surface area contributed by atoms with Crippen molar-refractivity contribution < 1.29 is 14.6 Å². The van der Waals surface area contributed by atoms with E-state index in [4.69, 9.17) is 55.2 Å². The number of rotatable bonds is 6. The Morgan fingerprint density at radius 2 is 1.83 bits per heavy atom. The van der Waals surface area contributed by atoms with Crippen molar-refractivity contribution in [2.75, 3.05) is 23.8 Å². The number of primary amides is 1. The number of ether oxygens (including phenoxy) is 1. The molecule has 0 bridgehead atoms. The highest BCUT2D eigenvalue weighted by atomic mass is 35.5. The van der Waals surface area contributed by atoms with Crippen LogP contribution in [0.15, 0.2) is 18.3 Å². The van der Waals surface area contributed by atoms with E-state index >= 15 is 0 Å². The highest BCUT2D eigenvalue weighted by Gasteiger charge is 2.30. The number of nitrogens with two attached hydrogens (primary N) is 1. The molecule has 1 aliphatic heterocycles. The van der Waals surface area contributed by atoms with Crippen LogP contribution in [-0.4, -0.2) is 55.9 Å². The van der Waals surface area contributed by atoms with Crippen LogP contribution in [0.25, 0.3) is 11.2 Å². The van der Waals surface area contributed by atoms with Gasteiger partial charge in [-0.2, -0.15) is 4.98 Å². The van der Waals surface area contributed by atoms with Crippen molar-refractivity contribution in [2.45, 2.75) is 43.9 Å². The fraction of sp³-hybridized carbons (Fsp3) is 0.455. The minimum absolute atomic E-state index is 0.00565. The number of nitrogens with zero attached hydrogens (tertiary/aromatic N) is 4. The van der Waals surface area contributed by atoms with E-state index in [1.54, 1.807) is 18.3 Å². The van der Waals surface area contributed by atoms with Crippen LogP contribution < -0.4 is 16.4 Å². The van der Waals surface area contributed by atoms with Crippen molar-refractivity contribution >= 4 is 69.5 Å². The second kappa shape index (κ2) is 9.94. The minimum atomic E-state index is -0.644. The molecule has 2 aliphatic rings. The fourth-order valence-electron chi connectivity index (χ4n) is 4.63. The maximum absolute atomic E-state index is 11.7. The Balaban J connectivity index is 1.54. The number of anilines is 3. The topological polar surface area (TPSA) is 140 Å². The van der Waals surface area contributed by atoms with Gasteiger partial charge in [0.2, 0.25) is 17.8 Å². The molecule has 2 unspecified atom stereocenters. The zero-order chi connectivity index (χ0) is 24.7. The molecule has 13 heteroatoms. The van der Waals surface area contributed by atoms with Crippen molar-refractivity contribution in [2.24, 2.45) is 11.7 Å². The number of imidazole rings is 1. The van der Waals surface area contributed by atoms with Gasteiger partial charge in [0.15, 0.2) is 5.65 Å². The first kappa shape index (κ1) is 24.3. The van der Waals surface area contributed by atoms with Crippen molar-refractivity contribution in [3.8, 4) is 0 Å². The predicted molar refractivity (Wildman–Crippen MR) is 135 cm³/mol. The Bertz CT molecular complexity index is 1240. The van der Waals surface area contributed by atoms with Crippen molar-refractivity contribution in [3.63, 3.8) is 0 Å². The van der Waals surface area contributed by atoms with E-state index in [1.807, 2.05) is 4.57 Å². The van der Waals surface area contributed by atoms with Gasteiger partial charge >= 0.3 is 0 Å². The molecule has 35 heavy (non-hydrogen) atoms. The lowest BCUT2D eigenvalue weighted by molar-refractivity contribution is -0.122. The lowest BCUT2D eigenvalue weighted by atomic mass is 9.85. The molecule has 2 fully saturated rings. The van der Waals surface area contributed by atoms with Gasteiger partial charge in [0, 0.05) is 17.0 Å². The summed E-state index contributed by atoms with van der Waals surface area (Å²) < 4.78 is 7.30. The third-order valence-electron chi connectivity index (χ3n) is 6.51. The van der Waals surface area contributed by atoms with Crippen LogP contribution in [0.1, 0.15) is 31.7 Å². The SMILES string of the molecule is NC(=O)[C@H]1CC[C@@H](n2c(Nc3c(Cl)cc(Cl)cc3Cl)nc3cnc(NC4COCC4O)nc32)CC1. The molecular weight excluding hydrogens is 517 g/mol. The Morgan fingerprint density at radius 1 is 1.11 bits per heavy atom. The Kier molecular flexibility index (Phi) is 6.91. The van der Waals surface area contributed by atoms with Crippen LogP contribution in [0.4, 0.5) is 17.6 Å². The number of nitrogens with one attached hydrogen (secondary N) is 2. The van der Waals surface area contributed by atoms with E-state index in [9.17, 15) is 9.90 Å². The Morgan fingerprint density at radius 3 is 2.46 bits per heavy atom. The molecule has 2 aromatic heterocycles. The van der Waals surface area contributed by atoms with Gasteiger partial charge in [0.25, 0.3) is 0 Å². The molecule has 1 aromatic carbocycles. The maximum atomic E-state index is 11.7. The van der Waals surface area contributed by atoms with E-state index in [2.05, 4.69) is 15.6 Å². The highest BCUT2D eigenvalue weighted by molar-refractivity contribution is 6.41. The normalized spacial score (nSPS) is 24.6. The molecule has 0 radical (unpaired) electrons. The van der Waals surface area contributed by atoms with E-state index in [1.165, 1.54) is 0 Å². The van der Waals surface area contributed by atoms with Crippen LogP contribution in [0, 0.1) is 5.92 Å². The zero-order valence-electron chi connectivity index (χ0n) is 18.5. The lowest BCUT2D eigenvalue weighted by Crippen LogP contribution is -2.32. The number of carbonyl (C=O) groups excluding carboxylic acids is 1. The first-order valence-corrected chi connectivity index (χ1v) is 12.4. The first-order valence-electron chi connectivity index (χ1n) is 11.3. The largest absolute Gasteiger partial charge is 0.388 e. The summed E-state index contributed by atoms with van der Waals surface area (Å²) in [7, 11) is 0. The summed E-state index contributed by atoms with van der Waals surface area (Å²) in [4.78, 5) is 25.5. The van der Waals surface area contributed by atoms with E-state index in [-0.39, 0.29) is 30.5 Å². The van der Waals surface area contributed by atoms with Crippen LogP contribution in [0.5, 0.6) is 0 Å². The average molecular weight is 541 g/mol. The molecule has 186 valence electrons. The number of halogens is 3. The van der Waals surface area contributed by atoms with Crippen molar-refractivity contribution in [1.29, 1.82) is 0 Å². The highest BCUT2D eigenvalue weighted by Crippen LogP contribution is 2.40. The second-order valence-electron chi connectivity index (χ2n) is 8.84. The van der Waals surface area contributed by atoms with Crippen molar-refractivity contribution in [1.82, 2.24) is 19.5 Å². The molecule has 1 aliphatic carbocycles. The van der Waals surface area contributed by atoms with E-state index in [0.717, 1.165) is 12.8 Å². The van der Waals surface area contributed by atoms with Gasteiger partial charge < -0.3 is 26.2 Å². The first-order chi connectivity index (χ1) is 16.8. The number of benzene rings is 1. The summed E-state index contributed by atoms with van der Waals surface area (Å²) in [5.41, 5.74) is 7.18. The molecule has 1 saturated heterocycles. The molecular formula is C22H24Cl3N7O3. The number of aromatic nitrogens is 4. The third-order valence-corrected chi connectivity index (χ3v) is 7.32. The number of fused-ring (bicyclic) bond motifs is 1. The number of hydrogen-bond acceptors (Lipinski definition) is 8. The van der Waals surface area contributed by atoms with Gasteiger partial charge in [-0.15, -0.1) is 0 Å². The standard InChI is InChI=1S/C22H24Cl3N7O3/c23-11-5-13(24)18(14(25)6-11)30-22-29-15-7-27-21(28-16-8-35-9-17(16)33)31-20(15)32(22)12-3-1-10(2-4-12)19(26)34/h5-7,10,12,16-17,33H,1-4,8-9H2,(H2,26,34)(H,29,30)(H,27,28,31)/t10-,12+,16?,17?. The van der Waals surface area contributed by atoms with Crippen LogP contribution in [0.3, 0.4) is 0 Å². The second-order valence-corrected chi connectivity index (χ2v) is 10.1. The number of hydrogen-bond donors (Lipinski definition) is 4. The molecule has 2 atom stereocenters. The summed E-state index contributed by atoms with van der Waals surface area (Å²) in [6.07, 6.45) is 3.76. The van der Waals surface area contributed by atoms with Gasteiger partial charge in [-0.05, 0) is 37.8 Å². The summed E-state index contributed by atoms with van der Waals surface area (Å²) in [6.45, 7) is 0.622. The molecule has 1 amide bonds. The summed E-state index contributed by atoms with van der Waals surface area (Å²) in [5, 5.41) is 17.6. The van der Waals surface area contributed by atoms with Gasteiger partial charge in [0.1, 0.15) is 5.52 Å². The quantitative estimate of drug-likeness (QED) is 0.369. The number of amides is 1. The fourth-order valence-corrected chi connectivity index (χ4v) is 5.54. The molecule has 10 nitrogen and oxygen atoms in total. The number of aliphatic hydroxyl groups is 1. The zero-order valence-corrected chi connectivity index (χ0v) is 20.8. The van der Waals surface area contributed by atoms with Crippen LogP contribution in [0.2, 0.25) is 15.1 Å². The Hall–Kier alpha value is -2.37. The van der Waals surface area contributed by atoms with Gasteiger partial charge in [0.05, 0.1) is 47.3 Å². The molecule has 3 aromatic rings. The van der Waals surface area contributed by atoms with Crippen LogP contribution in [-0.2, 0) is 9.53 Å². The lowest BCUT2D eigenvalue weighted by Gasteiger charge is -2.29. The summed E-state index contributed by atoms with van der Waals surface area (Å²) in [5.74, 6) is 0.425. The monoisotopic (exact) mass is 539 g/mol. The molecule has 0 spiro atoms. The smallest absolute Gasteiger partial charge is 0.225 e. The number of aliphatic hydroxyl groups excluding tert-OH is 1. The van der Waals surface area contributed by atoms with Crippen LogP contribution >= 0.6 is 34.8 Å². The van der Waals surface area contributed by atoms with Crippen molar-refractivity contribution in [3.05, 3.63) is 33.4 Å². The van der Waals surface area contributed by atoms with Gasteiger partial charge in [-0.25, -0.2) is 9.97 Å². The minimum Gasteiger partial charge on any atom is -0.388 e.